The molecule has 0 radical (unpaired) electrons. The number of amides is 1. The number of aliphatic hydroxyl groups is 1. The number of hydrogen-bond donors (Lipinski definition) is 2. The highest BCUT2D eigenvalue weighted by molar-refractivity contribution is 5.75. The Morgan fingerprint density at radius 1 is 1.33 bits per heavy atom. The van der Waals surface area contributed by atoms with Gasteiger partial charge in [-0.25, -0.2) is 9.67 Å². The molecule has 2 rings (SSSR count). The zero-order valence-electron chi connectivity index (χ0n) is 11.5. The van der Waals surface area contributed by atoms with Gasteiger partial charge in [-0.15, -0.1) is 0 Å². The fraction of sp³-hybridized carbons (Fsp3) is 0.267. The first-order valence-electron chi connectivity index (χ1n) is 6.55. The van der Waals surface area contributed by atoms with Crippen molar-refractivity contribution >= 4 is 5.91 Å². The molecule has 0 atom stereocenters. The van der Waals surface area contributed by atoms with E-state index in [9.17, 15) is 4.79 Å². The first-order valence-corrected chi connectivity index (χ1v) is 6.55. The Hall–Kier alpha value is -2.65. The Kier molecular flexibility index (Phi) is 5.50. The van der Waals surface area contributed by atoms with Gasteiger partial charge in [-0.1, -0.05) is 24.0 Å². The summed E-state index contributed by atoms with van der Waals surface area (Å²) in [6.45, 7) is 0.686. The Labute approximate surface area is 122 Å². The van der Waals surface area contributed by atoms with Gasteiger partial charge in [-0.05, 0) is 17.7 Å². The van der Waals surface area contributed by atoms with Gasteiger partial charge in [0.2, 0.25) is 5.91 Å². The summed E-state index contributed by atoms with van der Waals surface area (Å²) in [6, 6.07) is 7.62. The van der Waals surface area contributed by atoms with E-state index in [0.717, 1.165) is 11.1 Å². The second-order valence-corrected chi connectivity index (χ2v) is 4.34. The van der Waals surface area contributed by atoms with Crippen molar-refractivity contribution in [2.45, 2.75) is 19.5 Å². The molecule has 2 N–H and O–H groups in total. The monoisotopic (exact) mass is 284 g/mol. The van der Waals surface area contributed by atoms with Gasteiger partial charge in [0.25, 0.3) is 0 Å². The minimum atomic E-state index is -0.118. The van der Waals surface area contributed by atoms with E-state index in [1.165, 1.54) is 17.3 Å². The molecule has 6 heteroatoms. The standard InChI is InChI=1S/C15H16N4O2/c20-8-2-1-3-13-4-6-14(7-5-13)9-17-15(21)10-19-12-16-11-18-19/h4-7,11-12,20H,2,8-10H2,(H,17,21). The van der Waals surface area contributed by atoms with Crippen LogP contribution in [0.3, 0.4) is 0 Å². The fourth-order valence-electron chi connectivity index (χ4n) is 1.64. The lowest BCUT2D eigenvalue weighted by molar-refractivity contribution is -0.122. The lowest BCUT2D eigenvalue weighted by Crippen LogP contribution is -2.27. The van der Waals surface area contributed by atoms with Crippen molar-refractivity contribution in [1.82, 2.24) is 20.1 Å². The summed E-state index contributed by atoms with van der Waals surface area (Å²) >= 11 is 0. The van der Waals surface area contributed by atoms with Gasteiger partial charge < -0.3 is 10.4 Å². The van der Waals surface area contributed by atoms with Crippen LogP contribution in [0.4, 0.5) is 0 Å². The van der Waals surface area contributed by atoms with Crippen LogP contribution in [-0.4, -0.2) is 32.4 Å². The fourth-order valence-corrected chi connectivity index (χ4v) is 1.64. The van der Waals surface area contributed by atoms with Crippen LogP contribution in [0.1, 0.15) is 17.5 Å². The predicted octanol–water partition coefficient (Wildman–Crippen LogP) is 0.328. The molecule has 1 aromatic heterocycles. The summed E-state index contributed by atoms with van der Waals surface area (Å²) in [5, 5.41) is 15.3. The molecule has 0 saturated heterocycles. The zero-order valence-corrected chi connectivity index (χ0v) is 11.5. The van der Waals surface area contributed by atoms with Crippen LogP contribution in [0.2, 0.25) is 0 Å². The summed E-state index contributed by atoms with van der Waals surface area (Å²) < 4.78 is 1.47. The highest BCUT2D eigenvalue weighted by Gasteiger charge is 2.02. The van der Waals surface area contributed by atoms with Gasteiger partial charge in [0, 0.05) is 18.5 Å². The van der Waals surface area contributed by atoms with Crippen LogP contribution < -0.4 is 5.32 Å². The molecule has 2 aromatic rings. The number of carbonyl (C=O) groups excluding carboxylic acids is 1. The summed E-state index contributed by atoms with van der Waals surface area (Å²) in [5.74, 6) is 5.69. The predicted molar refractivity (Wildman–Crippen MR) is 76.9 cm³/mol. The van der Waals surface area contributed by atoms with E-state index in [2.05, 4.69) is 27.2 Å². The summed E-state index contributed by atoms with van der Waals surface area (Å²) in [5.41, 5.74) is 1.88. The van der Waals surface area contributed by atoms with Gasteiger partial charge in [0.1, 0.15) is 19.2 Å². The Morgan fingerprint density at radius 2 is 2.14 bits per heavy atom. The molecule has 0 saturated carbocycles. The van der Waals surface area contributed by atoms with E-state index in [1.807, 2.05) is 24.3 Å². The Bertz CT molecular complexity index is 624. The average molecular weight is 284 g/mol. The first kappa shape index (κ1) is 14.8. The second kappa shape index (κ2) is 7.82. The van der Waals surface area contributed by atoms with E-state index in [1.54, 1.807) is 0 Å². The molecule has 0 aliphatic carbocycles. The Morgan fingerprint density at radius 3 is 2.81 bits per heavy atom. The van der Waals surface area contributed by atoms with E-state index in [4.69, 9.17) is 5.11 Å². The largest absolute Gasteiger partial charge is 0.395 e. The maximum atomic E-state index is 11.7. The SMILES string of the molecule is O=C(Cn1cncn1)NCc1ccc(C#CCCO)cc1. The van der Waals surface area contributed by atoms with Crippen molar-refractivity contribution < 1.29 is 9.90 Å². The topological polar surface area (TPSA) is 80.0 Å². The summed E-state index contributed by atoms with van der Waals surface area (Å²) in [4.78, 5) is 15.5. The molecule has 6 nitrogen and oxygen atoms in total. The molecule has 108 valence electrons. The molecule has 0 unspecified atom stereocenters. The van der Waals surface area contributed by atoms with Gasteiger partial charge in [0.15, 0.2) is 0 Å². The van der Waals surface area contributed by atoms with Gasteiger partial charge in [-0.3, -0.25) is 4.79 Å². The van der Waals surface area contributed by atoms with E-state index < -0.39 is 0 Å². The first-order chi connectivity index (χ1) is 10.3. The number of aliphatic hydroxyl groups excluding tert-OH is 1. The number of rotatable bonds is 5. The van der Waals surface area contributed by atoms with Gasteiger partial charge >= 0.3 is 0 Å². The second-order valence-electron chi connectivity index (χ2n) is 4.34. The van der Waals surface area contributed by atoms with Crippen molar-refractivity contribution in [2.24, 2.45) is 0 Å². The molecular formula is C15H16N4O2. The summed E-state index contributed by atoms with van der Waals surface area (Å²) in [6.07, 6.45) is 3.36. The van der Waals surface area contributed by atoms with E-state index >= 15 is 0 Å². The van der Waals surface area contributed by atoms with Crippen LogP contribution >= 0.6 is 0 Å². The molecule has 21 heavy (non-hydrogen) atoms. The third kappa shape index (κ3) is 5.09. The molecular weight excluding hydrogens is 268 g/mol. The highest BCUT2D eigenvalue weighted by atomic mass is 16.2. The third-order valence-electron chi connectivity index (χ3n) is 2.69. The van der Waals surface area contributed by atoms with Crippen LogP contribution in [0.25, 0.3) is 0 Å². The molecule has 0 bridgehead atoms. The molecule has 1 heterocycles. The maximum absolute atomic E-state index is 11.7. The third-order valence-corrected chi connectivity index (χ3v) is 2.69. The number of aromatic nitrogens is 3. The van der Waals surface area contributed by atoms with Crippen molar-refractivity contribution in [2.75, 3.05) is 6.61 Å². The highest BCUT2D eigenvalue weighted by Crippen LogP contribution is 2.03. The molecule has 1 aromatic carbocycles. The molecule has 0 fully saturated rings. The van der Waals surface area contributed by atoms with Gasteiger partial charge in [0.05, 0.1) is 6.61 Å². The van der Waals surface area contributed by atoms with Crippen molar-refractivity contribution in [3.05, 3.63) is 48.0 Å². The van der Waals surface area contributed by atoms with E-state index in [0.29, 0.717) is 13.0 Å². The average Bonchev–Trinajstić information content (AvgIpc) is 2.99. The number of nitrogens with zero attached hydrogens (tertiary/aromatic N) is 3. The van der Waals surface area contributed by atoms with Gasteiger partial charge in [-0.2, -0.15) is 5.10 Å². The Balaban J connectivity index is 1.81. The number of carbonyl (C=O) groups is 1. The molecule has 0 spiro atoms. The molecule has 1 amide bonds. The number of benzene rings is 1. The lowest BCUT2D eigenvalue weighted by atomic mass is 10.1. The van der Waals surface area contributed by atoms with Crippen LogP contribution in [0.15, 0.2) is 36.9 Å². The minimum Gasteiger partial charge on any atom is -0.395 e. The van der Waals surface area contributed by atoms with Crippen LogP contribution in [0.5, 0.6) is 0 Å². The van der Waals surface area contributed by atoms with Crippen molar-refractivity contribution in [3.8, 4) is 11.8 Å². The summed E-state index contributed by atoms with van der Waals surface area (Å²) in [7, 11) is 0. The van der Waals surface area contributed by atoms with E-state index in [-0.39, 0.29) is 19.1 Å². The van der Waals surface area contributed by atoms with Crippen LogP contribution in [0, 0.1) is 11.8 Å². The maximum Gasteiger partial charge on any atom is 0.242 e. The molecule has 0 aliphatic heterocycles. The number of nitrogens with one attached hydrogen (secondary N) is 1. The van der Waals surface area contributed by atoms with Crippen LogP contribution in [-0.2, 0) is 17.9 Å². The normalized spacial score (nSPS) is 9.76. The number of hydrogen-bond acceptors (Lipinski definition) is 4. The quantitative estimate of drug-likeness (QED) is 0.775. The molecule has 0 aliphatic rings. The zero-order chi connectivity index (χ0) is 14.9. The van der Waals surface area contributed by atoms with Crippen molar-refractivity contribution in [1.29, 1.82) is 0 Å². The van der Waals surface area contributed by atoms with Crippen molar-refractivity contribution in [3.63, 3.8) is 0 Å². The lowest BCUT2D eigenvalue weighted by Gasteiger charge is -2.05. The minimum absolute atomic E-state index is 0.0723. The smallest absolute Gasteiger partial charge is 0.242 e.